The second-order valence-electron chi connectivity index (χ2n) is 4.57. The minimum Gasteiger partial charge on any atom is -0.312 e. The molecule has 0 atom stereocenters. The van der Waals surface area contributed by atoms with Gasteiger partial charge in [-0.3, -0.25) is 0 Å². The van der Waals surface area contributed by atoms with E-state index in [-0.39, 0.29) is 0 Å². The molecular formula is C14H12BrCl2N3S. The molecule has 0 aliphatic rings. The van der Waals surface area contributed by atoms with Gasteiger partial charge in [-0.2, -0.15) is 0 Å². The first-order valence-corrected chi connectivity index (χ1v) is 9.00. The Hall–Kier alpha value is -0.620. The molecule has 7 heteroatoms. The van der Waals surface area contributed by atoms with Crippen molar-refractivity contribution in [2.45, 2.75) is 19.4 Å². The highest BCUT2D eigenvalue weighted by Crippen LogP contribution is 2.24. The van der Waals surface area contributed by atoms with E-state index in [1.54, 1.807) is 17.5 Å². The maximum Gasteiger partial charge on any atom is 0.160 e. The predicted molar refractivity (Wildman–Crippen MR) is 92.7 cm³/mol. The highest BCUT2D eigenvalue weighted by molar-refractivity contribution is 9.11. The molecule has 21 heavy (non-hydrogen) atoms. The molecule has 0 aliphatic carbocycles. The Kier molecular flexibility index (Phi) is 4.84. The summed E-state index contributed by atoms with van der Waals surface area (Å²) in [4.78, 5) is 10.4. The molecular weight excluding hydrogens is 393 g/mol. The number of fused-ring (bicyclic) bond motifs is 1. The molecule has 0 saturated heterocycles. The zero-order valence-electron chi connectivity index (χ0n) is 11.0. The van der Waals surface area contributed by atoms with Crippen LogP contribution in [0, 0.1) is 0 Å². The van der Waals surface area contributed by atoms with Gasteiger partial charge in [0.05, 0.1) is 8.81 Å². The average Bonchev–Trinajstić information content (AvgIpc) is 3.00. The highest BCUT2D eigenvalue weighted by atomic mass is 79.9. The van der Waals surface area contributed by atoms with E-state index < -0.39 is 0 Å². The standard InChI is InChI=1S/C14H12BrCl2N3S/c15-12-2-1-10(21-12)4-6-20-13(3-5-16)19-11-7-9(17)8-18-14(11)20/h1-2,7-8H,3-6H2. The number of alkyl halides is 1. The Labute approximate surface area is 145 Å². The lowest BCUT2D eigenvalue weighted by atomic mass is 10.3. The van der Waals surface area contributed by atoms with Crippen LogP contribution < -0.4 is 0 Å². The molecule has 0 bridgehead atoms. The minimum atomic E-state index is 0.543. The van der Waals surface area contributed by atoms with Crippen LogP contribution in [0.15, 0.2) is 28.2 Å². The van der Waals surface area contributed by atoms with Crippen molar-refractivity contribution in [1.82, 2.24) is 14.5 Å². The number of hydrogen-bond acceptors (Lipinski definition) is 3. The molecule has 3 nitrogen and oxygen atoms in total. The van der Waals surface area contributed by atoms with Crippen molar-refractivity contribution in [2.75, 3.05) is 5.88 Å². The summed E-state index contributed by atoms with van der Waals surface area (Å²) in [5.41, 5.74) is 1.70. The lowest BCUT2D eigenvalue weighted by Crippen LogP contribution is -2.07. The van der Waals surface area contributed by atoms with Crippen LogP contribution >= 0.6 is 50.5 Å². The van der Waals surface area contributed by atoms with Gasteiger partial charge in [-0.1, -0.05) is 11.6 Å². The second kappa shape index (κ2) is 6.65. The van der Waals surface area contributed by atoms with Crippen molar-refractivity contribution >= 4 is 61.6 Å². The topological polar surface area (TPSA) is 30.7 Å². The minimum absolute atomic E-state index is 0.543. The Morgan fingerprint density at radius 2 is 2.14 bits per heavy atom. The van der Waals surface area contributed by atoms with Crippen LogP contribution in [0.1, 0.15) is 10.7 Å². The lowest BCUT2D eigenvalue weighted by Gasteiger charge is -2.06. The van der Waals surface area contributed by atoms with E-state index in [1.807, 2.05) is 6.07 Å². The predicted octanol–water partition coefficient (Wildman–Crippen LogP) is 4.93. The van der Waals surface area contributed by atoms with Gasteiger partial charge < -0.3 is 4.57 Å². The summed E-state index contributed by atoms with van der Waals surface area (Å²) in [6.07, 6.45) is 3.33. The van der Waals surface area contributed by atoms with Gasteiger partial charge in [-0.05, 0) is 40.5 Å². The third kappa shape index (κ3) is 3.42. The fourth-order valence-electron chi connectivity index (χ4n) is 2.25. The van der Waals surface area contributed by atoms with Gasteiger partial charge in [-0.25, -0.2) is 9.97 Å². The molecule has 0 aliphatic heterocycles. The molecule has 0 spiro atoms. The molecule has 0 N–H and O–H groups in total. The van der Waals surface area contributed by atoms with Crippen LogP contribution in [0.4, 0.5) is 0 Å². The molecule has 3 heterocycles. The Morgan fingerprint density at radius 1 is 1.29 bits per heavy atom. The van der Waals surface area contributed by atoms with E-state index >= 15 is 0 Å². The van der Waals surface area contributed by atoms with Gasteiger partial charge in [0.25, 0.3) is 0 Å². The van der Waals surface area contributed by atoms with E-state index in [0.717, 1.165) is 40.2 Å². The summed E-state index contributed by atoms with van der Waals surface area (Å²) in [6, 6.07) is 6.06. The molecule has 0 radical (unpaired) electrons. The van der Waals surface area contributed by atoms with Crippen LogP contribution in [0.3, 0.4) is 0 Å². The Morgan fingerprint density at radius 3 is 2.86 bits per heavy atom. The van der Waals surface area contributed by atoms with Crippen molar-refractivity contribution < 1.29 is 0 Å². The van der Waals surface area contributed by atoms with E-state index in [2.05, 4.69) is 42.6 Å². The number of imidazole rings is 1. The lowest BCUT2D eigenvalue weighted by molar-refractivity contribution is 0.674. The SMILES string of the molecule is ClCCc1nc2cc(Cl)cnc2n1CCc1ccc(Br)s1. The Balaban J connectivity index is 1.92. The zero-order chi connectivity index (χ0) is 14.8. The normalized spacial score (nSPS) is 11.4. The molecule has 0 unspecified atom stereocenters. The molecule has 0 aromatic carbocycles. The highest BCUT2D eigenvalue weighted by Gasteiger charge is 2.12. The summed E-state index contributed by atoms with van der Waals surface area (Å²) >= 11 is 17.1. The number of halogens is 3. The number of nitrogens with zero attached hydrogens (tertiary/aromatic N) is 3. The largest absolute Gasteiger partial charge is 0.312 e. The monoisotopic (exact) mass is 403 g/mol. The van der Waals surface area contributed by atoms with Crippen LogP contribution in [0.25, 0.3) is 11.2 Å². The third-order valence-corrected chi connectivity index (χ3v) is 5.24. The first-order valence-electron chi connectivity index (χ1n) is 6.48. The summed E-state index contributed by atoms with van der Waals surface area (Å²) < 4.78 is 3.29. The maximum absolute atomic E-state index is 5.99. The quantitative estimate of drug-likeness (QED) is 0.564. The summed E-state index contributed by atoms with van der Waals surface area (Å²) in [7, 11) is 0. The number of thiophene rings is 1. The first kappa shape index (κ1) is 15.3. The number of pyridine rings is 1. The fraction of sp³-hybridized carbons (Fsp3) is 0.286. The number of aromatic nitrogens is 3. The van der Waals surface area contributed by atoms with Crippen LogP contribution in [-0.4, -0.2) is 20.4 Å². The summed E-state index contributed by atoms with van der Waals surface area (Å²) in [5.74, 6) is 1.51. The smallest absolute Gasteiger partial charge is 0.160 e. The van der Waals surface area contributed by atoms with Crippen LogP contribution in [0.5, 0.6) is 0 Å². The Bertz CT molecular complexity index is 769. The van der Waals surface area contributed by atoms with E-state index in [4.69, 9.17) is 23.2 Å². The van der Waals surface area contributed by atoms with Crippen molar-refractivity contribution in [2.24, 2.45) is 0 Å². The first-order chi connectivity index (χ1) is 10.2. The second-order valence-corrected chi connectivity index (χ2v) is 7.93. The number of aryl methyl sites for hydroxylation is 3. The van der Waals surface area contributed by atoms with Gasteiger partial charge >= 0.3 is 0 Å². The molecule has 110 valence electrons. The van der Waals surface area contributed by atoms with E-state index in [1.165, 1.54) is 4.88 Å². The molecule has 3 aromatic rings. The van der Waals surface area contributed by atoms with Crippen LogP contribution in [0.2, 0.25) is 5.02 Å². The van der Waals surface area contributed by atoms with Crippen molar-refractivity contribution in [3.05, 3.63) is 43.9 Å². The molecule has 0 saturated carbocycles. The molecule has 3 rings (SSSR count). The molecule has 3 aromatic heterocycles. The van der Waals surface area contributed by atoms with Gasteiger partial charge in [0, 0.05) is 29.9 Å². The average molecular weight is 405 g/mol. The fourth-order valence-corrected chi connectivity index (χ4v) is 4.04. The number of hydrogen-bond donors (Lipinski definition) is 0. The van der Waals surface area contributed by atoms with Crippen molar-refractivity contribution in [1.29, 1.82) is 0 Å². The summed E-state index contributed by atoms with van der Waals surface area (Å²) in [6.45, 7) is 0.838. The molecule has 0 fully saturated rings. The van der Waals surface area contributed by atoms with Gasteiger partial charge in [-0.15, -0.1) is 22.9 Å². The van der Waals surface area contributed by atoms with Gasteiger partial charge in [0.15, 0.2) is 5.65 Å². The summed E-state index contributed by atoms with van der Waals surface area (Å²) in [5, 5.41) is 0.603. The number of rotatable bonds is 5. The van der Waals surface area contributed by atoms with E-state index in [0.29, 0.717) is 10.9 Å². The van der Waals surface area contributed by atoms with E-state index in [9.17, 15) is 0 Å². The molecule has 0 amide bonds. The maximum atomic E-state index is 5.99. The third-order valence-electron chi connectivity index (χ3n) is 3.16. The van der Waals surface area contributed by atoms with Crippen LogP contribution in [-0.2, 0) is 19.4 Å². The zero-order valence-corrected chi connectivity index (χ0v) is 14.9. The van der Waals surface area contributed by atoms with Crippen molar-refractivity contribution in [3.63, 3.8) is 0 Å². The van der Waals surface area contributed by atoms with Gasteiger partial charge in [0.1, 0.15) is 11.3 Å². The van der Waals surface area contributed by atoms with Crippen molar-refractivity contribution in [3.8, 4) is 0 Å². The van der Waals surface area contributed by atoms with Gasteiger partial charge in [0.2, 0.25) is 0 Å².